The molecule has 2 aliphatic heterocycles. The van der Waals surface area contributed by atoms with E-state index in [-0.39, 0.29) is 0 Å². The van der Waals surface area contributed by atoms with E-state index in [1.807, 2.05) is 0 Å². The maximum atomic E-state index is 8.52. The Hall–Kier alpha value is -0.210. The van der Waals surface area contributed by atoms with Crippen LogP contribution in [0.15, 0.2) is 0 Å². The first-order valence-electron chi connectivity index (χ1n) is 9.87. The van der Waals surface area contributed by atoms with Crippen LogP contribution in [-0.4, -0.2) is 79.9 Å². The van der Waals surface area contributed by atoms with E-state index in [0.29, 0.717) is 0 Å². The second kappa shape index (κ2) is 12.2. The van der Waals surface area contributed by atoms with Crippen LogP contribution >= 0.6 is 0 Å². The lowest BCUT2D eigenvalue weighted by Gasteiger charge is -2.28. The van der Waals surface area contributed by atoms with Gasteiger partial charge in [0.15, 0.2) is 0 Å². The average Bonchev–Trinajstić information content (AvgIpc) is 3.12. The third-order valence-electron chi connectivity index (χ3n) is 5.39. The van der Waals surface area contributed by atoms with Gasteiger partial charge in [-0.05, 0) is 12.8 Å². The van der Waals surface area contributed by atoms with E-state index in [4.69, 9.17) is 17.5 Å². The summed E-state index contributed by atoms with van der Waals surface area (Å²) >= 11 is 0. The number of likely N-dealkylation sites (tertiary alicyclic amines) is 2. The Labute approximate surface area is 156 Å². The van der Waals surface area contributed by atoms with Crippen molar-refractivity contribution in [2.45, 2.75) is 65.2 Å². The van der Waals surface area contributed by atoms with Gasteiger partial charge in [0, 0.05) is 36.1 Å². The number of quaternary nitrogens is 2. The summed E-state index contributed by atoms with van der Waals surface area (Å²) in [7, 11) is -0.356. The van der Waals surface area contributed by atoms with Gasteiger partial charge in [0.1, 0.15) is 0 Å². The van der Waals surface area contributed by atoms with Crippen LogP contribution in [0.4, 0.5) is 0 Å². The standard InChI is InChI=1S/2C9H20N.H2O4S/c2*1-3-4-7-10(2)8-5-6-9-10;1-5(2,3)4/h2*3-9H2,1-2H3;(H2,1,2,3,4)/q2*+1;/p-2. The Morgan fingerprint density at radius 2 is 0.960 bits per heavy atom. The van der Waals surface area contributed by atoms with E-state index < -0.39 is 10.4 Å². The summed E-state index contributed by atoms with van der Waals surface area (Å²) in [6.07, 6.45) is 11.4. The molecule has 6 nitrogen and oxygen atoms in total. The van der Waals surface area contributed by atoms with Gasteiger partial charge in [0.25, 0.3) is 0 Å². The monoisotopic (exact) mass is 380 g/mol. The van der Waals surface area contributed by atoms with Gasteiger partial charge in [-0.1, -0.05) is 26.7 Å². The summed E-state index contributed by atoms with van der Waals surface area (Å²) in [4.78, 5) is 0. The summed E-state index contributed by atoms with van der Waals surface area (Å²) < 4.78 is 36.8. The van der Waals surface area contributed by atoms with E-state index >= 15 is 0 Å². The zero-order valence-corrected chi connectivity index (χ0v) is 17.7. The Balaban J connectivity index is 0.000000368. The average molecular weight is 381 g/mol. The molecule has 25 heavy (non-hydrogen) atoms. The Morgan fingerprint density at radius 1 is 0.720 bits per heavy atom. The molecular weight excluding hydrogens is 340 g/mol. The van der Waals surface area contributed by atoms with Crippen molar-refractivity contribution in [2.75, 3.05) is 53.4 Å². The van der Waals surface area contributed by atoms with Crippen LogP contribution < -0.4 is 0 Å². The lowest BCUT2D eigenvalue weighted by atomic mass is 10.3. The van der Waals surface area contributed by atoms with E-state index in [9.17, 15) is 0 Å². The van der Waals surface area contributed by atoms with Gasteiger partial charge in [0.05, 0.1) is 53.4 Å². The highest BCUT2D eigenvalue weighted by Crippen LogP contribution is 2.17. The second-order valence-corrected chi connectivity index (χ2v) is 8.93. The molecule has 0 saturated carbocycles. The number of unbranched alkanes of at least 4 members (excludes halogenated alkanes) is 2. The molecule has 0 aromatic heterocycles. The summed E-state index contributed by atoms with van der Waals surface area (Å²) in [5.74, 6) is 0. The molecule has 0 spiro atoms. The quantitative estimate of drug-likeness (QED) is 0.403. The molecule has 0 N–H and O–H groups in total. The molecule has 2 rings (SSSR count). The van der Waals surface area contributed by atoms with E-state index in [2.05, 4.69) is 27.9 Å². The maximum absolute atomic E-state index is 8.52. The molecule has 2 aliphatic rings. The first-order valence-corrected chi connectivity index (χ1v) is 11.2. The zero-order chi connectivity index (χ0) is 19.4. The lowest BCUT2D eigenvalue weighted by Crippen LogP contribution is -2.41. The number of rotatable bonds is 6. The maximum Gasteiger partial charge on any atom is 0.0786 e. The predicted octanol–water partition coefficient (Wildman–Crippen LogP) is 2.72. The fourth-order valence-corrected chi connectivity index (χ4v) is 3.72. The topological polar surface area (TPSA) is 80.3 Å². The zero-order valence-electron chi connectivity index (χ0n) is 16.8. The summed E-state index contributed by atoms with van der Waals surface area (Å²) in [6, 6.07) is 0. The molecule has 0 aliphatic carbocycles. The van der Waals surface area contributed by atoms with Crippen molar-refractivity contribution in [3.8, 4) is 0 Å². The first-order chi connectivity index (χ1) is 11.5. The third kappa shape index (κ3) is 14.6. The van der Waals surface area contributed by atoms with Crippen LogP contribution in [0.1, 0.15) is 65.2 Å². The highest BCUT2D eigenvalue weighted by molar-refractivity contribution is 7.79. The summed E-state index contributed by atoms with van der Waals surface area (Å²) in [6.45, 7) is 13.1. The van der Waals surface area contributed by atoms with Gasteiger partial charge >= 0.3 is 0 Å². The largest absolute Gasteiger partial charge is 0.759 e. The van der Waals surface area contributed by atoms with Gasteiger partial charge in [-0.15, -0.1) is 0 Å². The SMILES string of the molecule is CCCC[N+]1(C)CCCC1.CCCC[N+]1(C)CCCC1.O=S(=O)([O-])[O-]. The minimum absolute atomic E-state index is 1.36. The number of hydrogen-bond donors (Lipinski definition) is 0. The normalized spacial score (nSPS) is 21.0. The fourth-order valence-electron chi connectivity index (χ4n) is 3.72. The highest BCUT2D eigenvalue weighted by Gasteiger charge is 2.26. The Kier molecular flexibility index (Phi) is 12.1. The summed E-state index contributed by atoms with van der Waals surface area (Å²) in [5.41, 5.74) is 0. The van der Waals surface area contributed by atoms with E-state index in [1.54, 1.807) is 0 Å². The van der Waals surface area contributed by atoms with Gasteiger partial charge < -0.3 is 18.1 Å². The molecule has 2 fully saturated rings. The van der Waals surface area contributed by atoms with Crippen molar-refractivity contribution in [2.24, 2.45) is 0 Å². The molecule has 2 heterocycles. The van der Waals surface area contributed by atoms with Crippen LogP contribution in [0.5, 0.6) is 0 Å². The molecular formula is C18H40N2O4S. The Morgan fingerprint density at radius 3 is 1.16 bits per heavy atom. The van der Waals surface area contributed by atoms with Crippen molar-refractivity contribution >= 4 is 10.4 Å². The van der Waals surface area contributed by atoms with Crippen molar-refractivity contribution < 1.29 is 26.5 Å². The number of nitrogens with zero attached hydrogens (tertiary/aromatic N) is 2. The molecule has 7 heteroatoms. The molecule has 152 valence electrons. The van der Waals surface area contributed by atoms with E-state index in [1.165, 1.54) is 99.6 Å². The summed E-state index contributed by atoms with van der Waals surface area (Å²) in [5, 5.41) is 0. The van der Waals surface area contributed by atoms with Gasteiger partial charge in [-0.3, -0.25) is 8.42 Å². The fraction of sp³-hybridized carbons (Fsp3) is 1.00. The number of hydrogen-bond acceptors (Lipinski definition) is 4. The molecule has 0 aromatic rings. The molecule has 0 amide bonds. The Bertz CT molecular complexity index is 394. The molecule has 0 aromatic carbocycles. The highest BCUT2D eigenvalue weighted by atomic mass is 32.3. The van der Waals surface area contributed by atoms with Crippen LogP contribution in [-0.2, 0) is 10.4 Å². The van der Waals surface area contributed by atoms with Gasteiger partial charge in [0.2, 0.25) is 0 Å². The van der Waals surface area contributed by atoms with Crippen molar-refractivity contribution in [1.29, 1.82) is 0 Å². The predicted molar refractivity (Wildman–Crippen MR) is 100 cm³/mol. The minimum atomic E-state index is -5.17. The molecule has 0 radical (unpaired) electrons. The second-order valence-electron chi connectivity index (χ2n) is 8.11. The third-order valence-corrected chi connectivity index (χ3v) is 5.39. The van der Waals surface area contributed by atoms with Crippen molar-refractivity contribution in [3.63, 3.8) is 0 Å². The van der Waals surface area contributed by atoms with Crippen LogP contribution in [0, 0.1) is 0 Å². The molecule has 0 unspecified atom stereocenters. The van der Waals surface area contributed by atoms with Crippen molar-refractivity contribution in [1.82, 2.24) is 0 Å². The smallest absolute Gasteiger partial charge is 0.0786 e. The van der Waals surface area contributed by atoms with Crippen LogP contribution in [0.2, 0.25) is 0 Å². The van der Waals surface area contributed by atoms with Crippen LogP contribution in [0.3, 0.4) is 0 Å². The van der Waals surface area contributed by atoms with E-state index in [0.717, 1.165) is 0 Å². The van der Waals surface area contributed by atoms with Crippen molar-refractivity contribution in [3.05, 3.63) is 0 Å². The molecule has 2 saturated heterocycles. The first kappa shape index (κ1) is 24.8. The lowest BCUT2D eigenvalue weighted by molar-refractivity contribution is -0.897. The van der Waals surface area contributed by atoms with Crippen LogP contribution in [0.25, 0.3) is 0 Å². The van der Waals surface area contributed by atoms with Gasteiger partial charge in [-0.2, -0.15) is 0 Å². The molecule has 0 atom stereocenters. The van der Waals surface area contributed by atoms with Gasteiger partial charge in [-0.25, -0.2) is 0 Å². The molecule has 0 bridgehead atoms. The minimum Gasteiger partial charge on any atom is -0.759 e.